The molecule has 0 bridgehead atoms. The van der Waals surface area contributed by atoms with Gasteiger partial charge in [-0.05, 0) is 31.2 Å². The maximum atomic E-state index is 13.8. The minimum Gasteiger partial charge on any atom is -0.492 e. The van der Waals surface area contributed by atoms with Gasteiger partial charge in [-0.1, -0.05) is 30.3 Å². The Hall–Kier alpha value is -3.23. The van der Waals surface area contributed by atoms with E-state index in [0.29, 0.717) is 18.9 Å². The van der Waals surface area contributed by atoms with Crippen LogP contribution in [0.4, 0.5) is 11.4 Å². The van der Waals surface area contributed by atoms with E-state index in [1.54, 1.807) is 11.1 Å². The van der Waals surface area contributed by atoms with Gasteiger partial charge in [0.15, 0.2) is 6.17 Å². The highest BCUT2D eigenvalue weighted by molar-refractivity contribution is 6.24. The van der Waals surface area contributed by atoms with Crippen LogP contribution in [0.25, 0.3) is 0 Å². The van der Waals surface area contributed by atoms with Crippen LogP contribution in [0, 0.1) is 5.92 Å². The zero-order valence-electron chi connectivity index (χ0n) is 18.2. The van der Waals surface area contributed by atoms with Gasteiger partial charge in [0.05, 0.1) is 24.5 Å². The zero-order valence-corrected chi connectivity index (χ0v) is 18.2. The van der Waals surface area contributed by atoms with Crippen molar-refractivity contribution in [2.45, 2.75) is 13.1 Å². The summed E-state index contributed by atoms with van der Waals surface area (Å²) < 4.78 is 5.86. The Morgan fingerprint density at radius 3 is 2.59 bits per heavy atom. The van der Waals surface area contributed by atoms with E-state index in [4.69, 9.17) is 9.73 Å². The highest BCUT2D eigenvalue weighted by Crippen LogP contribution is 2.36. The summed E-state index contributed by atoms with van der Waals surface area (Å²) in [6.07, 6.45) is 1.35. The molecular formula is C24H28N6O2. The fraction of sp³-hybridized carbons (Fsp3) is 0.375. The molecule has 1 N–H and O–H groups in total. The molecule has 8 nitrogen and oxygen atoms in total. The number of amidine groups is 1. The van der Waals surface area contributed by atoms with Crippen LogP contribution in [0.3, 0.4) is 0 Å². The molecule has 32 heavy (non-hydrogen) atoms. The van der Waals surface area contributed by atoms with Crippen molar-refractivity contribution in [3.05, 3.63) is 54.6 Å². The molecule has 3 heterocycles. The van der Waals surface area contributed by atoms with Crippen molar-refractivity contribution >= 4 is 29.3 Å². The number of fused-ring (bicyclic) bond motifs is 1. The van der Waals surface area contributed by atoms with E-state index in [1.165, 1.54) is 0 Å². The van der Waals surface area contributed by atoms with E-state index in [0.717, 1.165) is 43.4 Å². The molecule has 0 aromatic heterocycles. The minimum absolute atomic E-state index is 0.0236. The fourth-order valence-corrected chi connectivity index (χ4v) is 4.41. The van der Waals surface area contributed by atoms with E-state index in [-0.39, 0.29) is 12.1 Å². The second-order valence-corrected chi connectivity index (χ2v) is 8.03. The van der Waals surface area contributed by atoms with Crippen molar-refractivity contribution in [1.82, 2.24) is 10.2 Å². The zero-order chi connectivity index (χ0) is 21.9. The van der Waals surface area contributed by atoms with Crippen molar-refractivity contribution in [3.8, 4) is 5.75 Å². The molecule has 0 aliphatic carbocycles. The van der Waals surface area contributed by atoms with Gasteiger partial charge < -0.3 is 10.1 Å². The second-order valence-electron chi connectivity index (χ2n) is 8.03. The van der Waals surface area contributed by atoms with Gasteiger partial charge in [0.25, 0.3) is 0 Å². The molecule has 1 amide bonds. The molecule has 3 aliphatic heterocycles. The van der Waals surface area contributed by atoms with Gasteiger partial charge >= 0.3 is 0 Å². The first-order valence-corrected chi connectivity index (χ1v) is 11.2. The lowest BCUT2D eigenvalue weighted by Gasteiger charge is -2.38. The lowest BCUT2D eigenvalue weighted by atomic mass is 10.0. The maximum absolute atomic E-state index is 13.8. The lowest BCUT2D eigenvalue weighted by Crippen LogP contribution is -2.56. The number of nitrogens with zero attached hydrogens (tertiary/aromatic N) is 5. The fourth-order valence-electron chi connectivity index (χ4n) is 4.41. The van der Waals surface area contributed by atoms with Crippen LogP contribution >= 0.6 is 0 Å². The van der Waals surface area contributed by atoms with Crippen molar-refractivity contribution < 1.29 is 9.53 Å². The maximum Gasteiger partial charge on any atom is 0.245 e. The number of piperazine rings is 1. The molecule has 1 saturated heterocycles. The molecule has 5 rings (SSSR count). The summed E-state index contributed by atoms with van der Waals surface area (Å²) in [5.74, 6) is 0.947. The molecule has 2 atom stereocenters. The molecule has 1 fully saturated rings. The monoisotopic (exact) mass is 432 g/mol. The Labute approximate surface area is 188 Å². The number of para-hydroxylation sites is 3. The van der Waals surface area contributed by atoms with Crippen molar-refractivity contribution in [3.63, 3.8) is 0 Å². The number of rotatable bonds is 6. The summed E-state index contributed by atoms with van der Waals surface area (Å²) in [7, 11) is 0. The van der Waals surface area contributed by atoms with Crippen LogP contribution in [0.2, 0.25) is 0 Å². The van der Waals surface area contributed by atoms with Crippen LogP contribution < -0.4 is 20.0 Å². The normalized spacial score (nSPS) is 23.3. The number of nitrogens with one attached hydrogen (secondary N) is 1. The van der Waals surface area contributed by atoms with E-state index < -0.39 is 5.92 Å². The van der Waals surface area contributed by atoms with Gasteiger partial charge in [0.2, 0.25) is 5.91 Å². The third kappa shape index (κ3) is 3.87. The summed E-state index contributed by atoms with van der Waals surface area (Å²) in [6, 6.07) is 17.6. The van der Waals surface area contributed by atoms with Crippen LogP contribution in [0.1, 0.15) is 6.92 Å². The molecule has 0 spiro atoms. The van der Waals surface area contributed by atoms with E-state index in [2.05, 4.69) is 15.3 Å². The molecule has 0 saturated carbocycles. The van der Waals surface area contributed by atoms with Crippen LogP contribution in [0.15, 0.2) is 64.7 Å². The van der Waals surface area contributed by atoms with Crippen molar-refractivity contribution in [1.29, 1.82) is 0 Å². The average molecular weight is 433 g/mol. The van der Waals surface area contributed by atoms with Gasteiger partial charge in [-0.3, -0.25) is 14.6 Å². The number of hydrogen-bond acceptors (Lipinski definition) is 7. The first kappa shape index (κ1) is 20.7. The van der Waals surface area contributed by atoms with Gasteiger partial charge in [-0.15, -0.1) is 0 Å². The molecule has 166 valence electrons. The summed E-state index contributed by atoms with van der Waals surface area (Å²) >= 11 is 0. The Kier molecular flexibility index (Phi) is 5.87. The number of benzene rings is 2. The van der Waals surface area contributed by atoms with E-state index >= 15 is 0 Å². The van der Waals surface area contributed by atoms with E-state index in [9.17, 15) is 4.79 Å². The number of anilines is 2. The number of aliphatic imine (C=N–C) groups is 1. The van der Waals surface area contributed by atoms with Gasteiger partial charge in [-0.25, -0.2) is 10.0 Å². The smallest absolute Gasteiger partial charge is 0.245 e. The topological polar surface area (TPSA) is 72.8 Å². The SMILES string of the molecule is CCOc1ccccc1N1C(=O)C2C=NN(c3ccccc3)C2N=C1CN1CCNCC1. The van der Waals surface area contributed by atoms with Crippen LogP contribution in [-0.2, 0) is 4.79 Å². The molecule has 2 aromatic rings. The summed E-state index contributed by atoms with van der Waals surface area (Å²) in [6.45, 7) is 6.77. The summed E-state index contributed by atoms with van der Waals surface area (Å²) in [5.41, 5.74) is 1.66. The highest BCUT2D eigenvalue weighted by Gasteiger charge is 2.45. The van der Waals surface area contributed by atoms with Gasteiger partial charge in [0.1, 0.15) is 17.5 Å². The predicted molar refractivity (Wildman–Crippen MR) is 127 cm³/mol. The largest absolute Gasteiger partial charge is 0.492 e. The standard InChI is InChI=1S/C24H28N6O2/c1-2-32-21-11-7-6-10-20(21)29-22(17-28-14-12-25-13-15-28)27-23-19(24(29)31)16-26-30(23)18-8-4-3-5-9-18/h3-11,16,19,23,25H,2,12-15,17H2,1H3. The Morgan fingerprint density at radius 2 is 1.81 bits per heavy atom. The summed E-state index contributed by atoms with van der Waals surface area (Å²) in [5, 5.41) is 9.81. The van der Waals surface area contributed by atoms with Crippen molar-refractivity contribution in [2.75, 3.05) is 49.2 Å². The second kappa shape index (κ2) is 9.10. The molecule has 8 heteroatoms. The van der Waals surface area contributed by atoms with E-state index in [1.807, 2.05) is 66.5 Å². The van der Waals surface area contributed by atoms with Gasteiger partial charge in [-0.2, -0.15) is 5.10 Å². The first-order valence-electron chi connectivity index (χ1n) is 11.2. The number of carbonyl (C=O) groups is 1. The Balaban J connectivity index is 1.55. The third-order valence-corrected chi connectivity index (χ3v) is 5.97. The average Bonchev–Trinajstić information content (AvgIpc) is 3.26. The number of ether oxygens (including phenoxy) is 1. The quantitative estimate of drug-likeness (QED) is 0.758. The molecule has 2 aromatic carbocycles. The Morgan fingerprint density at radius 1 is 1.06 bits per heavy atom. The minimum atomic E-state index is -0.448. The van der Waals surface area contributed by atoms with Crippen LogP contribution in [-0.4, -0.2) is 68.4 Å². The van der Waals surface area contributed by atoms with Crippen molar-refractivity contribution in [2.24, 2.45) is 16.0 Å². The van der Waals surface area contributed by atoms with Gasteiger partial charge in [0, 0.05) is 32.4 Å². The number of hydrogen-bond donors (Lipinski definition) is 1. The molecular weight excluding hydrogens is 404 g/mol. The summed E-state index contributed by atoms with van der Waals surface area (Å²) in [4.78, 5) is 23.0. The molecule has 0 radical (unpaired) electrons. The predicted octanol–water partition coefficient (Wildman–Crippen LogP) is 2.18. The molecule has 3 aliphatic rings. The number of carbonyl (C=O) groups excluding carboxylic acids is 1. The third-order valence-electron chi connectivity index (χ3n) is 5.97. The number of hydrazone groups is 1. The first-order chi connectivity index (χ1) is 15.8. The molecule has 2 unspecified atom stereocenters. The lowest BCUT2D eigenvalue weighted by molar-refractivity contribution is -0.120. The van der Waals surface area contributed by atoms with Crippen LogP contribution in [0.5, 0.6) is 5.75 Å². The number of amides is 1. The Bertz CT molecular complexity index is 1020. The highest BCUT2D eigenvalue weighted by atomic mass is 16.5.